The van der Waals surface area contributed by atoms with Gasteiger partial charge in [0.2, 0.25) is 5.91 Å². The molecule has 1 saturated heterocycles. The number of hydrogen-bond acceptors (Lipinski definition) is 5. The van der Waals surface area contributed by atoms with E-state index >= 15 is 0 Å². The van der Waals surface area contributed by atoms with Crippen LogP contribution in [0.15, 0.2) is 23.8 Å². The van der Waals surface area contributed by atoms with Gasteiger partial charge in [-0.15, -0.1) is 21.5 Å². The van der Waals surface area contributed by atoms with Gasteiger partial charge in [-0.2, -0.15) is 0 Å². The van der Waals surface area contributed by atoms with E-state index in [1.165, 1.54) is 11.3 Å². The first-order valence-corrected chi connectivity index (χ1v) is 9.01. The van der Waals surface area contributed by atoms with Crippen molar-refractivity contribution in [2.45, 2.75) is 38.8 Å². The number of thiophene rings is 1. The Labute approximate surface area is 144 Å². The molecule has 1 unspecified atom stereocenters. The lowest BCUT2D eigenvalue weighted by atomic mass is 10.0. The van der Waals surface area contributed by atoms with Crippen LogP contribution in [0, 0.1) is 6.92 Å². The number of rotatable bonds is 5. The van der Waals surface area contributed by atoms with Crippen LogP contribution in [-0.2, 0) is 11.3 Å². The van der Waals surface area contributed by atoms with Gasteiger partial charge in [-0.25, -0.2) is 0 Å². The maximum atomic E-state index is 12.6. The molecular formula is C16H21N5O2S. The fraction of sp³-hybridized carbons (Fsp3) is 0.500. The molecule has 0 aliphatic carbocycles. The lowest BCUT2D eigenvalue weighted by Gasteiger charge is -2.34. The van der Waals surface area contributed by atoms with Crippen molar-refractivity contribution in [2.75, 3.05) is 13.1 Å². The summed E-state index contributed by atoms with van der Waals surface area (Å²) in [6.07, 6.45) is 4.28. The molecule has 0 spiro atoms. The molecule has 2 amide bonds. The third-order valence-corrected chi connectivity index (χ3v) is 5.12. The SMILES string of the molecule is Cc1nncn1CCNC(=O)C1CCCCN1C(=O)c1cccs1. The van der Waals surface area contributed by atoms with Crippen LogP contribution in [-0.4, -0.2) is 50.6 Å². The van der Waals surface area contributed by atoms with Gasteiger partial charge in [-0.3, -0.25) is 9.59 Å². The lowest BCUT2D eigenvalue weighted by Crippen LogP contribution is -2.52. The molecule has 1 N–H and O–H groups in total. The predicted octanol–water partition coefficient (Wildman–Crippen LogP) is 1.46. The first kappa shape index (κ1) is 16.6. The standard InChI is InChI=1S/C16H21N5O2S/c1-12-19-18-11-20(12)9-7-17-15(22)13-5-2-3-8-21(13)16(23)14-6-4-10-24-14/h4,6,10-11,13H,2-3,5,7-9H2,1H3,(H,17,22). The highest BCUT2D eigenvalue weighted by atomic mass is 32.1. The number of hydrogen-bond donors (Lipinski definition) is 1. The molecule has 128 valence electrons. The normalized spacial score (nSPS) is 17.7. The largest absolute Gasteiger partial charge is 0.353 e. The molecule has 3 rings (SSSR count). The molecule has 7 nitrogen and oxygen atoms in total. The summed E-state index contributed by atoms with van der Waals surface area (Å²) in [4.78, 5) is 27.6. The van der Waals surface area contributed by atoms with Crippen LogP contribution in [0.2, 0.25) is 0 Å². The molecule has 8 heteroatoms. The molecule has 0 aromatic carbocycles. The fourth-order valence-electron chi connectivity index (χ4n) is 2.94. The summed E-state index contributed by atoms with van der Waals surface area (Å²) >= 11 is 1.42. The van der Waals surface area contributed by atoms with Crippen molar-refractivity contribution in [3.63, 3.8) is 0 Å². The minimum atomic E-state index is -0.379. The van der Waals surface area contributed by atoms with E-state index in [4.69, 9.17) is 0 Å². The van der Waals surface area contributed by atoms with Gasteiger partial charge >= 0.3 is 0 Å². The highest BCUT2D eigenvalue weighted by molar-refractivity contribution is 7.12. The lowest BCUT2D eigenvalue weighted by molar-refractivity contribution is -0.126. The molecule has 1 aliphatic heterocycles. The van der Waals surface area contributed by atoms with Crippen LogP contribution < -0.4 is 5.32 Å². The second-order valence-electron chi connectivity index (χ2n) is 5.85. The minimum absolute atomic E-state index is 0.0421. The second kappa shape index (κ2) is 7.57. The van der Waals surface area contributed by atoms with E-state index in [0.29, 0.717) is 30.9 Å². The van der Waals surface area contributed by atoms with Gasteiger partial charge < -0.3 is 14.8 Å². The van der Waals surface area contributed by atoms with Crippen molar-refractivity contribution in [3.8, 4) is 0 Å². The highest BCUT2D eigenvalue weighted by Crippen LogP contribution is 2.21. The summed E-state index contributed by atoms with van der Waals surface area (Å²) in [6.45, 7) is 3.63. The van der Waals surface area contributed by atoms with Crippen molar-refractivity contribution >= 4 is 23.2 Å². The Balaban J connectivity index is 1.59. The maximum absolute atomic E-state index is 12.6. The first-order chi connectivity index (χ1) is 11.7. The van der Waals surface area contributed by atoms with Crippen LogP contribution in [0.4, 0.5) is 0 Å². The van der Waals surface area contributed by atoms with E-state index in [1.54, 1.807) is 11.2 Å². The van der Waals surface area contributed by atoms with Crippen LogP contribution in [0.1, 0.15) is 34.8 Å². The zero-order valence-electron chi connectivity index (χ0n) is 13.6. The molecule has 3 heterocycles. The molecule has 0 saturated carbocycles. The number of nitrogens with one attached hydrogen (secondary N) is 1. The van der Waals surface area contributed by atoms with Crippen molar-refractivity contribution < 1.29 is 9.59 Å². The summed E-state index contributed by atoms with van der Waals surface area (Å²) in [6, 6.07) is 3.29. The fourth-order valence-corrected chi connectivity index (χ4v) is 3.62. The van der Waals surface area contributed by atoms with E-state index in [0.717, 1.165) is 18.7 Å². The molecule has 24 heavy (non-hydrogen) atoms. The van der Waals surface area contributed by atoms with Crippen LogP contribution >= 0.6 is 11.3 Å². The van der Waals surface area contributed by atoms with E-state index in [9.17, 15) is 9.59 Å². The number of carbonyl (C=O) groups excluding carboxylic acids is 2. The quantitative estimate of drug-likeness (QED) is 0.888. The summed E-state index contributed by atoms with van der Waals surface area (Å²) in [5.74, 6) is 0.696. The van der Waals surface area contributed by atoms with E-state index < -0.39 is 0 Å². The first-order valence-electron chi connectivity index (χ1n) is 8.13. The summed E-state index contributed by atoms with van der Waals surface area (Å²) in [5, 5.41) is 12.6. The van der Waals surface area contributed by atoms with Gasteiger partial charge in [-0.1, -0.05) is 6.07 Å². The molecule has 1 atom stereocenters. The van der Waals surface area contributed by atoms with E-state index in [2.05, 4.69) is 15.5 Å². The van der Waals surface area contributed by atoms with Crippen molar-refractivity contribution in [1.82, 2.24) is 25.0 Å². The smallest absolute Gasteiger partial charge is 0.264 e. The Bertz CT molecular complexity index is 697. The van der Waals surface area contributed by atoms with Gasteiger partial charge in [0.25, 0.3) is 5.91 Å². The number of aryl methyl sites for hydroxylation is 1. The molecule has 2 aromatic heterocycles. The van der Waals surface area contributed by atoms with Crippen molar-refractivity contribution in [1.29, 1.82) is 0 Å². The Morgan fingerprint density at radius 3 is 3.00 bits per heavy atom. The monoisotopic (exact) mass is 347 g/mol. The summed E-state index contributed by atoms with van der Waals surface area (Å²) in [5.41, 5.74) is 0. The highest BCUT2D eigenvalue weighted by Gasteiger charge is 2.32. The van der Waals surface area contributed by atoms with Gasteiger partial charge in [0.1, 0.15) is 18.2 Å². The topological polar surface area (TPSA) is 80.1 Å². The molecule has 2 aromatic rings. The number of piperidine rings is 1. The van der Waals surface area contributed by atoms with Crippen LogP contribution in [0.25, 0.3) is 0 Å². The number of likely N-dealkylation sites (tertiary alicyclic amines) is 1. The van der Waals surface area contributed by atoms with Gasteiger partial charge in [0.05, 0.1) is 4.88 Å². The van der Waals surface area contributed by atoms with Crippen LogP contribution in [0.5, 0.6) is 0 Å². The maximum Gasteiger partial charge on any atom is 0.264 e. The zero-order chi connectivity index (χ0) is 16.9. The van der Waals surface area contributed by atoms with E-state index in [1.807, 2.05) is 29.0 Å². The van der Waals surface area contributed by atoms with Gasteiger partial charge in [0, 0.05) is 19.6 Å². The van der Waals surface area contributed by atoms with Crippen molar-refractivity contribution in [2.24, 2.45) is 0 Å². The molecule has 0 bridgehead atoms. The second-order valence-corrected chi connectivity index (χ2v) is 6.80. The molecular weight excluding hydrogens is 326 g/mol. The summed E-state index contributed by atoms with van der Waals surface area (Å²) in [7, 11) is 0. The third kappa shape index (κ3) is 3.64. The zero-order valence-corrected chi connectivity index (χ0v) is 14.5. The summed E-state index contributed by atoms with van der Waals surface area (Å²) < 4.78 is 1.88. The number of carbonyl (C=O) groups is 2. The molecule has 1 fully saturated rings. The van der Waals surface area contributed by atoms with Gasteiger partial charge in [0.15, 0.2) is 0 Å². The number of nitrogens with zero attached hydrogens (tertiary/aromatic N) is 4. The Morgan fingerprint density at radius 1 is 1.42 bits per heavy atom. The molecule has 0 radical (unpaired) electrons. The minimum Gasteiger partial charge on any atom is -0.353 e. The van der Waals surface area contributed by atoms with Crippen molar-refractivity contribution in [3.05, 3.63) is 34.5 Å². The van der Waals surface area contributed by atoms with Crippen LogP contribution in [0.3, 0.4) is 0 Å². The Morgan fingerprint density at radius 2 is 2.29 bits per heavy atom. The average Bonchev–Trinajstić information content (AvgIpc) is 3.26. The number of amides is 2. The number of aromatic nitrogens is 3. The average molecular weight is 347 g/mol. The van der Waals surface area contributed by atoms with E-state index in [-0.39, 0.29) is 17.9 Å². The Kier molecular flexibility index (Phi) is 5.24. The third-order valence-electron chi connectivity index (χ3n) is 4.26. The molecule has 1 aliphatic rings. The predicted molar refractivity (Wildman–Crippen MR) is 90.8 cm³/mol. The van der Waals surface area contributed by atoms with Gasteiger partial charge in [-0.05, 0) is 37.6 Å². The Hall–Kier alpha value is -2.22.